The fourth-order valence-electron chi connectivity index (χ4n) is 3.36. The lowest BCUT2D eigenvalue weighted by Crippen LogP contribution is -2.41. The van der Waals surface area contributed by atoms with Crippen LogP contribution in [0.2, 0.25) is 0 Å². The fourth-order valence-corrected chi connectivity index (χ4v) is 3.36. The standard InChI is InChI=1S/C20H24N2O4.H2O/c1-23-17-3-5-19-15(9-17)11-21(13-25-19)7-8-22-12-16-10-18(24-2)4-6-20(16)26-14-22;/h3-6,9-10H,7-8,11-14H2,1-2H3;1H2. The first kappa shape index (κ1) is 19.3. The van der Waals surface area contributed by atoms with E-state index in [-0.39, 0.29) is 5.48 Å². The van der Waals surface area contributed by atoms with Crippen LogP contribution in [0.25, 0.3) is 0 Å². The number of methoxy groups -OCH3 is 2. The van der Waals surface area contributed by atoms with Crippen molar-refractivity contribution in [1.82, 2.24) is 9.80 Å². The summed E-state index contributed by atoms with van der Waals surface area (Å²) in [4.78, 5) is 4.59. The van der Waals surface area contributed by atoms with E-state index in [1.807, 2.05) is 36.4 Å². The van der Waals surface area contributed by atoms with Crippen molar-refractivity contribution < 1.29 is 24.4 Å². The highest BCUT2D eigenvalue weighted by atomic mass is 16.5. The van der Waals surface area contributed by atoms with E-state index in [1.54, 1.807) is 14.2 Å². The van der Waals surface area contributed by atoms with Crippen molar-refractivity contribution in [1.29, 1.82) is 0 Å². The molecule has 0 unspecified atom stereocenters. The molecule has 7 heteroatoms. The van der Waals surface area contributed by atoms with Crippen LogP contribution in [0, 0.1) is 0 Å². The normalized spacial score (nSPS) is 16.2. The molecule has 0 amide bonds. The summed E-state index contributed by atoms with van der Waals surface area (Å²) in [7, 11) is 3.37. The van der Waals surface area contributed by atoms with Gasteiger partial charge in [-0.1, -0.05) is 0 Å². The smallest absolute Gasteiger partial charge is 0.142 e. The van der Waals surface area contributed by atoms with Gasteiger partial charge in [0.25, 0.3) is 0 Å². The van der Waals surface area contributed by atoms with Crippen molar-refractivity contribution >= 4 is 0 Å². The largest absolute Gasteiger partial charge is 0.497 e. The molecule has 0 bridgehead atoms. The number of ether oxygens (including phenoxy) is 4. The van der Waals surface area contributed by atoms with E-state index in [4.69, 9.17) is 18.9 Å². The van der Waals surface area contributed by atoms with Gasteiger partial charge in [0, 0.05) is 37.3 Å². The quantitative estimate of drug-likeness (QED) is 0.796. The van der Waals surface area contributed by atoms with Crippen LogP contribution in [-0.2, 0) is 13.1 Å². The maximum atomic E-state index is 5.87. The van der Waals surface area contributed by atoms with Gasteiger partial charge >= 0.3 is 0 Å². The molecular weight excluding hydrogens is 348 g/mol. The molecule has 2 aromatic rings. The Bertz CT molecular complexity index is 717. The summed E-state index contributed by atoms with van der Waals surface area (Å²) in [6.45, 7) is 4.78. The summed E-state index contributed by atoms with van der Waals surface area (Å²) in [5.41, 5.74) is 2.33. The topological polar surface area (TPSA) is 74.9 Å². The zero-order chi connectivity index (χ0) is 17.9. The second kappa shape index (κ2) is 8.47. The molecule has 2 aromatic carbocycles. The summed E-state index contributed by atoms with van der Waals surface area (Å²) < 4.78 is 22.4. The molecular formula is C20H26N2O5. The van der Waals surface area contributed by atoms with Crippen molar-refractivity contribution in [3.05, 3.63) is 47.5 Å². The predicted octanol–water partition coefficient (Wildman–Crippen LogP) is 1.88. The van der Waals surface area contributed by atoms with E-state index in [1.165, 1.54) is 11.1 Å². The lowest BCUT2D eigenvalue weighted by Gasteiger charge is -2.33. The number of hydrogen-bond acceptors (Lipinski definition) is 6. The monoisotopic (exact) mass is 374 g/mol. The summed E-state index contributed by atoms with van der Waals surface area (Å²) in [6, 6.07) is 11.9. The van der Waals surface area contributed by atoms with E-state index in [0.29, 0.717) is 13.5 Å². The predicted molar refractivity (Wildman–Crippen MR) is 101 cm³/mol. The molecule has 0 aromatic heterocycles. The maximum absolute atomic E-state index is 5.87. The average molecular weight is 374 g/mol. The third-order valence-electron chi connectivity index (χ3n) is 4.86. The van der Waals surface area contributed by atoms with E-state index in [2.05, 4.69) is 9.80 Å². The third-order valence-corrected chi connectivity index (χ3v) is 4.86. The van der Waals surface area contributed by atoms with Gasteiger partial charge in [0.1, 0.15) is 36.5 Å². The number of hydrogen-bond donors (Lipinski definition) is 0. The van der Waals surface area contributed by atoms with Crippen LogP contribution in [0.3, 0.4) is 0 Å². The fraction of sp³-hybridized carbons (Fsp3) is 0.400. The van der Waals surface area contributed by atoms with Crippen molar-refractivity contribution in [2.45, 2.75) is 13.1 Å². The lowest BCUT2D eigenvalue weighted by molar-refractivity contribution is 0.0520. The zero-order valence-electron chi connectivity index (χ0n) is 15.7. The molecule has 0 saturated carbocycles. The van der Waals surface area contributed by atoms with Crippen LogP contribution in [0.4, 0.5) is 0 Å². The second-order valence-electron chi connectivity index (χ2n) is 6.60. The first-order valence-corrected chi connectivity index (χ1v) is 8.79. The summed E-state index contributed by atoms with van der Waals surface area (Å²) in [6.07, 6.45) is 0. The Kier molecular flexibility index (Phi) is 6.05. The molecule has 7 nitrogen and oxygen atoms in total. The van der Waals surface area contributed by atoms with Crippen molar-refractivity contribution in [3.63, 3.8) is 0 Å². The summed E-state index contributed by atoms with van der Waals surface area (Å²) in [5.74, 6) is 3.63. The van der Waals surface area contributed by atoms with Crippen molar-refractivity contribution in [2.24, 2.45) is 0 Å². The van der Waals surface area contributed by atoms with Crippen LogP contribution >= 0.6 is 0 Å². The molecule has 0 saturated heterocycles. The third kappa shape index (κ3) is 4.27. The Labute approximate surface area is 159 Å². The van der Waals surface area contributed by atoms with Gasteiger partial charge in [0.15, 0.2) is 0 Å². The van der Waals surface area contributed by atoms with Crippen LogP contribution in [-0.4, -0.2) is 56.0 Å². The highest BCUT2D eigenvalue weighted by Crippen LogP contribution is 2.30. The number of nitrogens with zero attached hydrogens (tertiary/aromatic N) is 2. The molecule has 27 heavy (non-hydrogen) atoms. The van der Waals surface area contributed by atoms with Gasteiger partial charge in [-0.25, -0.2) is 0 Å². The highest BCUT2D eigenvalue weighted by Gasteiger charge is 2.21. The molecule has 0 radical (unpaired) electrons. The Balaban J connectivity index is 0.00000210. The molecule has 0 fully saturated rings. The van der Waals surface area contributed by atoms with Gasteiger partial charge in [0.05, 0.1) is 14.2 Å². The van der Waals surface area contributed by atoms with E-state index in [9.17, 15) is 0 Å². The minimum absolute atomic E-state index is 0. The Morgan fingerprint density at radius 1 is 0.778 bits per heavy atom. The first-order chi connectivity index (χ1) is 12.7. The maximum Gasteiger partial charge on any atom is 0.142 e. The number of rotatable bonds is 5. The van der Waals surface area contributed by atoms with Crippen LogP contribution < -0.4 is 18.9 Å². The molecule has 4 rings (SSSR count). The zero-order valence-corrected chi connectivity index (χ0v) is 15.7. The minimum atomic E-state index is 0. The van der Waals surface area contributed by atoms with E-state index in [0.717, 1.165) is 49.2 Å². The molecule has 2 N–H and O–H groups in total. The Morgan fingerprint density at radius 2 is 1.22 bits per heavy atom. The second-order valence-corrected chi connectivity index (χ2v) is 6.60. The molecule has 0 atom stereocenters. The molecule has 0 spiro atoms. The SMILES string of the molecule is COc1ccc2c(c1)CN(CCN1COc3ccc(OC)cc3C1)CO2.O. The molecule has 2 aliphatic heterocycles. The summed E-state index contributed by atoms with van der Waals surface area (Å²) in [5, 5.41) is 0. The Morgan fingerprint density at radius 3 is 1.63 bits per heavy atom. The van der Waals surface area contributed by atoms with Gasteiger partial charge in [-0.3, -0.25) is 9.80 Å². The van der Waals surface area contributed by atoms with Gasteiger partial charge in [-0.15, -0.1) is 0 Å². The first-order valence-electron chi connectivity index (χ1n) is 8.79. The lowest BCUT2D eigenvalue weighted by atomic mass is 10.1. The highest BCUT2D eigenvalue weighted by molar-refractivity contribution is 5.42. The summed E-state index contributed by atoms with van der Waals surface area (Å²) >= 11 is 0. The van der Waals surface area contributed by atoms with Crippen molar-refractivity contribution in [2.75, 3.05) is 40.8 Å². The average Bonchev–Trinajstić information content (AvgIpc) is 2.70. The van der Waals surface area contributed by atoms with Gasteiger partial charge < -0.3 is 24.4 Å². The van der Waals surface area contributed by atoms with Gasteiger partial charge in [0.2, 0.25) is 0 Å². The molecule has 2 aliphatic rings. The molecule has 2 heterocycles. The van der Waals surface area contributed by atoms with Gasteiger partial charge in [-0.2, -0.15) is 0 Å². The molecule has 0 aliphatic carbocycles. The van der Waals surface area contributed by atoms with Crippen molar-refractivity contribution in [3.8, 4) is 23.0 Å². The van der Waals surface area contributed by atoms with Crippen LogP contribution in [0.15, 0.2) is 36.4 Å². The van der Waals surface area contributed by atoms with E-state index < -0.39 is 0 Å². The molecule has 146 valence electrons. The van der Waals surface area contributed by atoms with Crippen LogP contribution in [0.1, 0.15) is 11.1 Å². The Hall–Kier alpha value is -2.48. The van der Waals surface area contributed by atoms with E-state index >= 15 is 0 Å². The van der Waals surface area contributed by atoms with Gasteiger partial charge in [-0.05, 0) is 36.4 Å². The number of benzene rings is 2. The number of fused-ring (bicyclic) bond motifs is 2. The van der Waals surface area contributed by atoms with Crippen LogP contribution in [0.5, 0.6) is 23.0 Å². The minimum Gasteiger partial charge on any atom is -0.497 e.